The van der Waals surface area contributed by atoms with Crippen molar-refractivity contribution in [3.8, 4) is 0 Å². The van der Waals surface area contributed by atoms with Gasteiger partial charge in [0.25, 0.3) is 0 Å². The third kappa shape index (κ3) is 51.4. The predicted octanol–water partition coefficient (Wildman–Crippen LogP) is 18.0. The molecule has 0 aliphatic carbocycles. The highest BCUT2D eigenvalue weighted by atomic mass is 16.6. The van der Waals surface area contributed by atoms with Gasteiger partial charge in [-0.15, -0.1) is 0 Å². The summed E-state index contributed by atoms with van der Waals surface area (Å²) in [5, 5.41) is 0. The highest BCUT2D eigenvalue weighted by Gasteiger charge is 2.19. The fourth-order valence-electron chi connectivity index (χ4n) is 7.36. The predicted molar refractivity (Wildman–Crippen MR) is 279 cm³/mol. The molecule has 1 atom stereocenters. The summed E-state index contributed by atoms with van der Waals surface area (Å²) in [5.41, 5.74) is 0. The Morgan fingerprint density at radius 2 is 0.600 bits per heavy atom. The molecule has 0 amide bonds. The van der Waals surface area contributed by atoms with Crippen LogP contribution in [0, 0.1) is 0 Å². The summed E-state index contributed by atoms with van der Waals surface area (Å²) in [7, 11) is 0. The number of carbonyl (C=O) groups excluding carboxylic acids is 3. The Morgan fingerprint density at radius 1 is 0.323 bits per heavy atom. The smallest absolute Gasteiger partial charge is 0.306 e. The molecule has 0 spiro atoms. The first kappa shape index (κ1) is 61.6. The Balaban J connectivity index is 4.34. The van der Waals surface area contributed by atoms with E-state index in [-0.39, 0.29) is 31.1 Å². The van der Waals surface area contributed by atoms with Crippen molar-refractivity contribution >= 4 is 17.9 Å². The average Bonchev–Trinajstić information content (AvgIpc) is 3.30. The van der Waals surface area contributed by atoms with Crippen molar-refractivity contribution in [1.82, 2.24) is 0 Å². The summed E-state index contributed by atoms with van der Waals surface area (Å²) >= 11 is 0. The third-order valence-electron chi connectivity index (χ3n) is 11.4. The largest absolute Gasteiger partial charge is 0.462 e. The lowest BCUT2D eigenvalue weighted by Crippen LogP contribution is -2.30. The molecule has 0 aliphatic rings. The summed E-state index contributed by atoms with van der Waals surface area (Å²) in [5.74, 6) is -0.917. The van der Waals surface area contributed by atoms with E-state index in [2.05, 4.69) is 106 Å². The van der Waals surface area contributed by atoms with Gasteiger partial charge in [0, 0.05) is 19.3 Å². The van der Waals surface area contributed by atoms with Crippen LogP contribution in [0.2, 0.25) is 0 Å². The Morgan fingerprint density at radius 3 is 0.938 bits per heavy atom. The van der Waals surface area contributed by atoms with E-state index < -0.39 is 6.10 Å². The molecule has 6 nitrogen and oxygen atoms in total. The molecule has 0 aromatic heterocycles. The first-order valence-electron chi connectivity index (χ1n) is 27.1. The first-order valence-corrected chi connectivity index (χ1v) is 27.1. The molecule has 0 saturated carbocycles. The van der Waals surface area contributed by atoms with Gasteiger partial charge >= 0.3 is 17.9 Å². The SMILES string of the molecule is CC/C=C\C/C=C\C/C=C\C/C=C\C/C=C\C/C=C\C/C=C\CCCCCC(=O)OCC(COC(=O)CCCCCCCCCCCCC)OC(=O)CCCCCCCCCCCCC. The molecule has 0 aromatic carbocycles. The van der Waals surface area contributed by atoms with Crippen molar-refractivity contribution in [3.63, 3.8) is 0 Å². The molecule has 0 N–H and O–H groups in total. The Labute approximate surface area is 401 Å². The zero-order valence-electron chi connectivity index (χ0n) is 42.5. The lowest BCUT2D eigenvalue weighted by Gasteiger charge is -2.18. The van der Waals surface area contributed by atoms with Crippen LogP contribution in [0.15, 0.2) is 85.1 Å². The minimum atomic E-state index is -0.785. The monoisotopic (exact) mass is 905 g/mol. The highest BCUT2D eigenvalue weighted by molar-refractivity contribution is 5.71. The van der Waals surface area contributed by atoms with Gasteiger partial charge in [-0.2, -0.15) is 0 Å². The van der Waals surface area contributed by atoms with E-state index in [9.17, 15) is 14.4 Å². The van der Waals surface area contributed by atoms with Crippen LogP contribution in [0.3, 0.4) is 0 Å². The van der Waals surface area contributed by atoms with Crippen LogP contribution in [0.1, 0.15) is 252 Å². The molecular formula is C59H100O6. The van der Waals surface area contributed by atoms with Crippen molar-refractivity contribution in [3.05, 3.63) is 85.1 Å². The minimum absolute atomic E-state index is 0.0843. The van der Waals surface area contributed by atoms with Gasteiger partial charge in [0.1, 0.15) is 13.2 Å². The topological polar surface area (TPSA) is 78.9 Å². The fraction of sp³-hybridized carbons (Fsp3) is 0.712. The zero-order chi connectivity index (χ0) is 47.2. The lowest BCUT2D eigenvalue weighted by atomic mass is 10.1. The number of hydrogen-bond acceptors (Lipinski definition) is 6. The quantitative estimate of drug-likeness (QED) is 0.0262. The number of allylic oxidation sites excluding steroid dienone is 14. The number of unbranched alkanes of at least 4 members (excludes halogenated alkanes) is 23. The van der Waals surface area contributed by atoms with Gasteiger partial charge in [-0.05, 0) is 77.0 Å². The van der Waals surface area contributed by atoms with Gasteiger partial charge in [-0.3, -0.25) is 14.4 Å². The summed E-state index contributed by atoms with van der Waals surface area (Å²) in [6.07, 6.45) is 68.6. The van der Waals surface area contributed by atoms with E-state index in [0.717, 1.165) is 109 Å². The molecule has 372 valence electrons. The van der Waals surface area contributed by atoms with Crippen LogP contribution in [0.4, 0.5) is 0 Å². The molecule has 0 bridgehead atoms. The van der Waals surface area contributed by atoms with Gasteiger partial charge in [-0.25, -0.2) is 0 Å². The minimum Gasteiger partial charge on any atom is -0.462 e. The summed E-state index contributed by atoms with van der Waals surface area (Å²) in [6, 6.07) is 0. The van der Waals surface area contributed by atoms with Gasteiger partial charge < -0.3 is 14.2 Å². The second kappa shape index (κ2) is 53.2. The average molecular weight is 905 g/mol. The Hall–Kier alpha value is -3.41. The molecule has 0 radical (unpaired) electrons. The Kier molecular flexibility index (Phi) is 50.4. The van der Waals surface area contributed by atoms with Gasteiger partial charge in [0.2, 0.25) is 0 Å². The van der Waals surface area contributed by atoms with E-state index >= 15 is 0 Å². The normalized spacial score (nSPS) is 12.7. The number of esters is 3. The number of rotatable bonds is 48. The summed E-state index contributed by atoms with van der Waals surface area (Å²) in [6.45, 7) is 6.48. The number of carbonyl (C=O) groups is 3. The van der Waals surface area contributed by atoms with Gasteiger partial charge in [0.05, 0.1) is 0 Å². The van der Waals surface area contributed by atoms with Crippen molar-refractivity contribution in [2.75, 3.05) is 13.2 Å². The molecule has 6 heteroatoms. The maximum absolute atomic E-state index is 12.8. The van der Waals surface area contributed by atoms with Crippen LogP contribution >= 0.6 is 0 Å². The molecule has 0 aromatic rings. The molecular weight excluding hydrogens is 805 g/mol. The molecule has 0 heterocycles. The van der Waals surface area contributed by atoms with Crippen LogP contribution in [0.5, 0.6) is 0 Å². The van der Waals surface area contributed by atoms with E-state index in [0.29, 0.717) is 19.3 Å². The maximum Gasteiger partial charge on any atom is 0.306 e. The van der Waals surface area contributed by atoms with Crippen LogP contribution in [-0.4, -0.2) is 37.2 Å². The van der Waals surface area contributed by atoms with Crippen molar-refractivity contribution < 1.29 is 28.6 Å². The Bertz CT molecular complexity index is 1270. The molecule has 0 fully saturated rings. The van der Waals surface area contributed by atoms with Crippen molar-refractivity contribution in [2.45, 2.75) is 258 Å². The second-order valence-electron chi connectivity index (χ2n) is 17.8. The molecule has 0 aliphatic heterocycles. The molecule has 0 rings (SSSR count). The van der Waals surface area contributed by atoms with Gasteiger partial charge in [0.15, 0.2) is 6.10 Å². The highest BCUT2D eigenvalue weighted by Crippen LogP contribution is 2.15. The number of ether oxygens (including phenoxy) is 3. The van der Waals surface area contributed by atoms with E-state index in [1.54, 1.807) is 0 Å². The van der Waals surface area contributed by atoms with Crippen LogP contribution in [0.25, 0.3) is 0 Å². The lowest BCUT2D eigenvalue weighted by molar-refractivity contribution is -0.167. The molecule has 65 heavy (non-hydrogen) atoms. The maximum atomic E-state index is 12.8. The second-order valence-corrected chi connectivity index (χ2v) is 17.8. The fourth-order valence-corrected chi connectivity index (χ4v) is 7.36. The van der Waals surface area contributed by atoms with E-state index in [4.69, 9.17) is 14.2 Å². The zero-order valence-corrected chi connectivity index (χ0v) is 42.5. The third-order valence-corrected chi connectivity index (χ3v) is 11.4. The van der Waals surface area contributed by atoms with Crippen molar-refractivity contribution in [1.29, 1.82) is 0 Å². The molecule has 0 saturated heterocycles. The summed E-state index contributed by atoms with van der Waals surface area (Å²) in [4.78, 5) is 37.9. The van der Waals surface area contributed by atoms with Crippen molar-refractivity contribution in [2.24, 2.45) is 0 Å². The summed E-state index contributed by atoms with van der Waals surface area (Å²) < 4.78 is 16.8. The van der Waals surface area contributed by atoms with Gasteiger partial charge in [-0.1, -0.05) is 241 Å². The van der Waals surface area contributed by atoms with Crippen LogP contribution in [-0.2, 0) is 28.6 Å². The van der Waals surface area contributed by atoms with E-state index in [1.807, 2.05) is 0 Å². The standard InChI is InChI=1S/C59H100O6/c1-4-7-10-13-16-19-22-23-24-25-26-27-28-29-30-31-32-33-34-35-38-40-43-46-49-52-58(61)64-55-56(65-59(62)53-50-47-44-41-37-21-18-15-12-9-6-3)54-63-57(60)51-48-45-42-39-36-20-17-14-11-8-5-2/h7,10,16,19,23-24,26-27,29-30,32-33,35,38,56H,4-6,8-9,11-15,17-18,20-22,25,28,31,34,36-37,39-55H2,1-3H3/b10-7-,19-16-,24-23-,27-26-,30-29-,33-32-,38-35-. The first-order chi connectivity index (χ1) is 32.0. The van der Waals surface area contributed by atoms with Crippen LogP contribution < -0.4 is 0 Å². The molecule has 1 unspecified atom stereocenters. The van der Waals surface area contributed by atoms with E-state index in [1.165, 1.54) is 103 Å². The number of hydrogen-bond donors (Lipinski definition) is 0.